The Hall–Kier alpha value is -3.98. The van der Waals surface area contributed by atoms with Gasteiger partial charge in [0.15, 0.2) is 11.6 Å². The molecule has 0 atom stereocenters. The maximum Gasteiger partial charge on any atom is 0.355 e. The average molecular weight is 512 g/mol. The van der Waals surface area contributed by atoms with Crippen molar-refractivity contribution in [2.45, 2.75) is 40.0 Å². The molecule has 0 spiro atoms. The second-order valence-corrected chi connectivity index (χ2v) is 8.51. The maximum absolute atomic E-state index is 14.5. The minimum Gasteiger partial charge on any atom is -0.488 e. The Morgan fingerprint density at radius 3 is 2.56 bits per heavy atom. The SMILES string of the molecule is C=N/C(=C\C=C/C)Cn1c(=O)nc(Nc2ccc(OC(C)C)c(F)c2)n(Cc2ccc(Cl)cc2)c1=O. The largest absolute Gasteiger partial charge is 0.488 e. The molecule has 2 aromatic carbocycles. The summed E-state index contributed by atoms with van der Waals surface area (Å²) in [5, 5.41) is 3.44. The van der Waals surface area contributed by atoms with Gasteiger partial charge in [0.25, 0.3) is 0 Å². The van der Waals surface area contributed by atoms with Crippen LogP contribution in [0.2, 0.25) is 5.02 Å². The summed E-state index contributed by atoms with van der Waals surface area (Å²) in [5.41, 5.74) is 0.0392. The van der Waals surface area contributed by atoms with Crippen LogP contribution in [0.25, 0.3) is 0 Å². The lowest BCUT2D eigenvalue weighted by Crippen LogP contribution is -2.43. The fraction of sp³-hybridized carbons (Fsp3) is 0.231. The number of rotatable bonds is 10. The van der Waals surface area contributed by atoms with Gasteiger partial charge in [0.05, 0.1) is 24.9 Å². The van der Waals surface area contributed by atoms with Crippen LogP contribution in [-0.2, 0) is 13.1 Å². The highest BCUT2D eigenvalue weighted by molar-refractivity contribution is 6.30. The lowest BCUT2D eigenvalue weighted by Gasteiger charge is -2.16. The van der Waals surface area contributed by atoms with Crippen molar-refractivity contribution in [1.82, 2.24) is 14.1 Å². The van der Waals surface area contributed by atoms with E-state index in [9.17, 15) is 14.0 Å². The van der Waals surface area contributed by atoms with Crippen molar-refractivity contribution >= 4 is 30.0 Å². The summed E-state index contributed by atoms with van der Waals surface area (Å²) in [7, 11) is 0. The van der Waals surface area contributed by atoms with Gasteiger partial charge in [0.1, 0.15) is 0 Å². The van der Waals surface area contributed by atoms with Crippen LogP contribution in [0.4, 0.5) is 16.0 Å². The number of nitrogens with one attached hydrogen (secondary N) is 1. The molecule has 0 amide bonds. The van der Waals surface area contributed by atoms with E-state index in [4.69, 9.17) is 16.3 Å². The molecule has 0 radical (unpaired) electrons. The van der Waals surface area contributed by atoms with E-state index in [0.29, 0.717) is 16.4 Å². The highest BCUT2D eigenvalue weighted by atomic mass is 35.5. The number of aromatic nitrogens is 3. The molecule has 36 heavy (non-hydrogen) atoms. The molecule has 3 aromatic rings. The predicted molar refractivity (Wildman–Crippen MR) is 141 cm³/mol. The van der Waals surface area contributed by atoms with Crippen molar-refractivity contribution in [3.63, 3.8) is 0 Å². The number of aliphatic imine (C=N–C) groups is 1. The van der Waals surface area contributed by atoms with Crippen molar-refractivity contribution in [2.75, 3.05) is 5.32 Å². The molecule has 0 saturated carbocycles. The molecule has 0 saturated heterocycles. The molecule has 0 aliphatic carbocycles. The third-order valence-electron chi connectivity index (χ3n) is 4.96. The van der Waals surface area contributed by atoms with Crippen LogP contribution in [0.15, 0.2) is 81.0 Å². The first-order chi connectivity index (χ1) is 17.2. The number of benzene rings is 2. The molecular formula is C26H27ClFN5O3. The van der Waals surface area contributed by atoms with Gasteiger partial charge in [-0.3, -0.25) is 9.56 Å². The second kappa shape index (κ2) is 12.1. The van der Waals surface area contributed by atoms with E-state index in [2.05, 4.69) is 22.0 Å². The summed E-state index contributed by atoms with van der Waals surface area (Å²) in [5.74, 6) is -0.544. The van der Waals surface area contributed by atoms with Crippen LogP contribution in [0.1, 0.15) is 26.3 Å². The number of anilines is 2. The molecule has 3 rings (SSSR count). The number of ether oxygens (including phenoxy) is 1. The van der Waals surface area contributed by atoms with Crippen molar-refractivity contribution in [1.29, 1.82) is 0 Å². The van der Waals surface area contributed by atoms with Crippen LogP contribution in [0, 0.1) is 5.82 Å². The van der Waals surface area contributed by atoms with E-state index >= 15 is 0 Å². The number of halogens is 2. The Morgan fingerprint density at radius 2 is 1.94 bits per heavy atom. The first-order valence-corrected chi connectivity index (χ1v) is 11.6. The van der Waals surface area contributed by atoms with E-state index < -0.39 is 17.2 Å². The van der Waals surface area contributed by atoms with Crippen molar-refractivity contribution in [3.8, 4) is 5.75 Å². The minimum absolute atomic E-state index is 0.0429. The van der Waals surface area contributed by atoms with Crippen molar-refractivity contribution in [2.24, 2.45) is 4.99 Å². The standard InChI is InChI=1S/C26H27ClFN5O3/c1-5-6-7-21(29-4)16-33-25(34)31-24(30-20-12-13-23(22(28)14-20)36-17(2)3)32(26(33)35)15-18-8-10-19(27)11-9-18/h5-14,17H,4,15-16H2,1-3H3,(H,30,31,34)/b6-5-,21-7-. The first kappa shape index (κ1) is 26.6. The lowest BCUT2D eigenvalue weighted by atomic mass is 10.2. The van der Waals surface area contributed by atoms with Crippen molar-refractivity contribution < 1.29 is 9.13 Å². The van der Waals surface area contributed by atoms with E-state index in [1.54, 1.807) is 62.4 Å². The Kier molecular flexibility index (Phi) is 8.97. The van der Waals surface area contributed by atoms with E-state index in [1.807, 2.05) is 6.92 Å². The number of nitrogens with zero attached hydrogens (tertiary/aromatic N) is 4. The molecule has 0 aliphatic heterocycles. The molecule has 188 valence electrons. The molecule has 0 fully saturated rings. The van der Waals surface area contributed by atoms with Crippen LogP contribution >= 0.6 is 11.6 Å². The Labute approximate surface area is 213 Å². The molecule has 1 heterocycles. The second-order valence-electron chi connectivity index (χ2n) is 8.08. The lowest BCUT2D eigenvalue weighted by molar-refractivity contribution is 0.231. The molecule has 0 unspecified atom stereocenters. The Balaban J connectivity index is 2.07. The molecule has 0 aliphatic rings. The van der Waals surface area contributed by atoms with Gasteiger partial charge in [-0.15, -0.1) is 0 Å². The summed E-state index contributed by atoms with van der Waals surface area (Å²) >= 11 is 5.99. The molecule has 0 bridgehead atoms. The van der Waals surface area contributed by atoms with Gasteiger partial charge in [-0.1, -0.05) is 35.9 Å². The van der Waals surface area contributed by atoms with Crippen molar-refractivity contribution in [3.05, 3.63) is 104 Å². The number of hydrogen-bond donors (Lipinski definition) is 1. The molecule has 8 nitrogen and oxygen atoms in total. The topological polar surface area (TPSA) is 90.5 Å². The van der Waals surface area contributed by atoms with Gasteiger partial charge >= 0.3 is 11.4 Å². The van der Waals surface area contributed by atoms with Gasteiger partial charge in [-0.05, 0) is 63.4 Å². The summed E-state index contributed by atoms with van der Waals surface area (Å²) in [6.07, 6.45) is 4.97. The third-order valence-corrected chi connectivity index (χ3v) is 5.21. The van der Waals surface area contributed by atoms with Gasteiger partial charge in [0, 0.05) is 16.8 Å². The van der Waals surface area contributed by atoms with Crippen LogP contribution in [0.5, 0.6) is 5.75 Å². The number of hydrogen-bond acceptors (Lipinski definition) is 6. The summed E-state index contributed by atoms with van der Waals surface area (Å²) in [4.78, 5) is 34.3. The predicted octanol–water partition coefficient (Wildman–Crippen LogP) is 4.94. The first-order valence-electron chi connectivity index (χ1n) is 11.2. The Bertz CT molecular complexity index is 1410. The van der Waals surface area contributed by atoms with Gasteiger partial charge in [-0.25, -0.2) is 18.5 Å². The quantitative estimate of drug-likeness (QED) is 0.307. The fourth-order valence-corrected chi connectivity index (χ4v) is 3.38. The third kappa shape index (κ3) is 6.79. The minimum atomic E-state index is -0.787. The highest BCUT2D eigenvalue weighted by Crippen LogP contribution is 2.24. The average Bonchev–Trinajstić information content (AvgIpc) is 2.84. The maximum atomic E-state index is 14.5. The molecule has 1 N–H and O–H groups in total. The van der Waals surface area contributed by atoms with Crippen LogP contribution < -0.4 is 21.4 Å². The molecule has 10 heteroatoms. The van der Waals surface area contributed by atoms with E-state index in [1.165, 1.54) is 16.7 Å². The number of allylic oxidation sites excluding steroid dienone is 4. The summed E-state index contributed by atoms with van der Waals surface area (Å²) in [6, 6.07) is 11.2. The van der Waals surface area contributed by atoms with E-state index in [-0.39, 0.29) is 30.9 Å². The highest BCUT2D eigenvalue weighted by Gasteiger charge is 2.16. The zero-order valence-electron chi connectivity index (χ0n) is 20.2. The normalized spacial score (nSPS) is 11.8. The van der Waals surface area contributed by atoms with Gasteiger partial charge in [-0.2, -0.15) is 4.98 Å². The monoisotopic (exact) mass is 511 g/mol. The fourth-order valence-electron chi connectivity index (χ4n) is 3.26. The molecule has 1 aromatic heterocycles. The smallest absolute Gasteiger partial charge is 0.355 e. The summed E-state index contributed by atoms with van der Waals surface area (Å²) in [6.45, 7) is 8.89. The van der Waals surface area contributed by atoms with Crippen LogP contribution in [-0.4, -0.2) is 26.9 Å². The summed E-state index contributed by atoms with van der Waals surface area (Å²) < 4.78 is 22.2. The van der Waals surface area contributed by atoms with Gasteiger partial charge < -0.3 is 10.1 Å². The zero-order chi connectivity index (χ0) is 26.2. The van der Waals surface area contributed by atoms with Gasteiger partial charge in [0.2, 0.25) is 5.95 Å². The van der Waals surface area contributed by atoms with E-state index in [0.717, 1.165) is 10.1 Å². The molecular weight excluding hydrogens is 485 g/mol. The van der Waals surface area contributed by atoms with Crippen LogP contribution in [0.3, 0.4) is 0 Å². The zero-order valence-corrected chi connectivity index (χ0v) is 21.0. The Morgan fingerprint density at radius 1 is 1.22 bits per heavy atom.